The molecule has 0 fully saturated rings. The molecule has 1 amide bonds. The number of aromatic nitrogens is 2. The molecular weight excluding hydrogens is 449 g/mol. The first kappa shape index (κ1) is 23.6. The monoisotopic (exact) mass is 473 g/mol. The second-order valence-corrected chi connectivity index (χ2v) is 8.06. The molecule has 0 unspecified atom stereocenters. The summed E-state index contributed by atoms with van der Waals surface area (Å²) in [5.74, 6) is 0.536. The van der Waals surface area contributed by atoms with Crippen molar-refractivity contribution < 1.29 is 9.53 Å². The summed E-state index contributed by atoms with van der Waals surface area (Å²) in [5.41, 5.74) is 4.25. The van der Waals surface area contributed by atoms with Gasteiger partial charge in [-0.1, -0.05) is 23.2 Å². The number of methoxy groups -OCH3 is 1. The van der Waals surface area contributed by atoms with Crippen LogP contribution in [0.5, 0.6) is 5.75 Å². The Morgan fingerprint density at radius 3 is 2.44 bits per heavy atom. The molecule has 0 radical (unpaired) electrons. The Morgan fingerprint density at radius 2 is 1.81 bits per heavy atom. The van der Waals surface area contributed by atoms with E-state index in [-0.39, 0.29) is 11.9 Å². The van der Waals surface area contributed by atoms with Crippen LogP contribution in [0.3, 0.4) is 0 Å². The van der Waals surface area contributed by atoms with Crippen LogP contribution in [0, 0.1) is 13.8 Å². The molecule has 3 aromatic rings. The van der Waals surface area contributed by atoms with Crippen LogP contribution in [0.1, 0.15) is 27.3 Å². The lowest BCUT2D eigenvalue weighted by molar-refractivity contribution is 0.0977. The lowest BCUT2D eigenvalue weighted by Gasteiger charge is -2.15. The predicted molar refractivity (Wildman–Crippen MR) is 129 cm³/mol. The number of hydrogen-bond acceptors (Lipinski definition) is 4. The van der Waals surface area contributed by atoms with Gasteiger partial charge in [0.15, 0.2) is 0 Å². The van der Waals surface area contributed by atoms with Gasteiger partial charge in [0, 0.05) is 34.9 Å². The zero-order valence-corrected chi connectivity index (χ0v) is 19.9. The maximum Gasteiger partial charge on any atom is 0.257 e. The van der Waals surface area contributed by atoms with E-state index >= 15 is 0 Å². The van der Waals surface area contributed by atoms with Crippen LogP contribution in [0.4, 0.5) is 5.69 Å². The SMILES string of the molecule is COc1ccc(Cl)cc1NC(=NCCc1c(C)nn(C)c1C)NC(=O)c1ccc(Cl)cc1. The van der Waals surface area contributed by atoms with Gasteiger partial charge in [0.1, 0.15) is 5.75 Å². The fraction of sp³-hybridized carbons (Fsp3) is 0.261. The molecule has 9 heteroatoms. The first-order valence-corrected chi connectivity index (χ1v) is 10.7. The number of nitrogens with one attached hydrogen (secondary N) is 2. The van der Waals surface area contributed by atoms with Crippen LogP contribution in [-0.2, 0) is 13.5 Å². The molecule has 1 heterocycles. The summed E-state index contributed by atoms with van der Waals surface area (Å²) < 4.78 is 7.25. The van der Waals surface area contributed by atoms with E-state index in [4.69, 9.17) is 27.9 Å². The highest BCUT2D eigenvalue weighted by molar-refractivity contribution is 6.31. The first-order chi connectivity index (χ1) is 15.3. The van der Waals surface area contributed by atoms with Gasteiger partial charge in [-0.25, -0.2) is 0 Å². The van der Waals surface area contributed by atoms with Crippen molar-refractivity contribution >= 4 is 40.8 Å². The Hall–Kier alpha value is -3.03. The van der Waals surface area contributed by atoms with Gasteiger partial charge in [-0.05, 0) is 68.3 Å². The summed E-state index contributed by atoms with van der Waals surface area (Å²) in [5, 5.41) is 11.5. The number of aryl methyl sites for hydroxylation is 2. The van der Waals surface area contributed by atoms with E-state index in [1.807, 2.05) is 25.6 Å². The van der Waals surface area contributed by atoms with E-state index in [0.29, 0.717) is 40.0 Å². The number of guanidine groups is 1. The van der Waals surface area contributed by atoms with E-state index in [0.717, 1.165) is 17.0 Å². The number of rotatable bonds is 6. The number of carbonyl (C=O) groups excluding carboxylic acids is 1. The first-order valence-electron chi connectivity index (χ1n) is 9.99. The average Bonchev–Trinajstić information content (AvgIpc) is 3.00. The van der Waals surface area contributed by atoms with Crippen LogP contribution in [0.25, 0.3) is 0 Å². The van der Waals surface area contributed by atoms with Gasteiger partial charge in [-0.3, -0.25) is 19.8 Å². The second-order valence-electron chi connectivity index (χ2n) is 7.18. The summed E-state index contributed by atoms with van der Waals surface area (Å²) in [4.78, 5) is 17.4. The Balaban J connectivity index is 1.84. The topological polar surface area (TPSA) is 80.5 Å². The maximum atomic E-state index is 12.8. The summed E-state index contributed by atoms with van der Waals surface area (Å²) in [7, 11) is 3.48. The van der Waals surface area contributed by atoms with E-state index < -0.39 is 0 Å². The maximum absolute atomic E-state index is 12.8. The molecule has 2 N–H and O–H groups in total. The molecule has 168 valence electrons. The molecule has 3 rings (SSSR count). The Labute approximate surface area is 197 Å². The molecule has 0 aliphatic carbocycles. The molecule has 1 aromatic heterocycles. The molecule has 0 saturated carbocycles. The minimum absolute atomic E-state index is 0.282. The number of anilines is 1. The van der Waals surface area contributed by atoms with Gasteiger partial charge in [0.05, 0.1) is 18.5 Å². The third-order valence-electron chi connectivity index (χ3n) is 5.04. The van der Waals surface area contributed by atoms with Crippen LogP contribution in [-0.4, -0.2) is 35.3 Å². The number of amides is 1. The quantitative estimate of drug-likeness (QED) is 0.398. The number of ether oxygens (including phenoxy) is 1. The minimum atomic E-state index is -0.317. The summed E-state index contributed by atoms with van der Waals surface area (Å²) in [6.45, 7) is 4.45. The van der Waals surface area contributed by atoms with Crippen molar-refractivity contribution in [3.63, 3.8) is 0 Å². The van der Waals surface area contributed by atoms with Crippen molar-refractivity contribution in [3.8, 4) is 5.75 Å². The molecule has 0 aliphatic heterocycles. The smallest absolute Gasteiger partial charge is 0.257 e. The zero-order chi connectivity index (χ0) is 23.3. The van der Waals surface area contributed by atoms with Crippen LogP contribution < -0.4 is 15.4 Å². The number of benzene rings is 2. The van der Waals surface area contributed by atoms with Gasteiger partial charge in [-0.15, -0.1) is 0 Å². The molecular formula is C23H25Cl2N5O2. The van der Waals surface area contributed by atoms with E-state index in [1.54, 1.807) is 49.6 Å². The summed E-state index contributed by atoms with van der Waals surface area (Å²) in [6.07, 6.45) is 0.681. The Morgan fingerprint density at radius 1 is 1.12 bits per heavy atom. The van der Waals surface area contributed by atoms with Crippen molar-refractivity contribution in [2.24, 2.45) is 12.0 Å². The molecule has 32 heavy (non-hydrogen) atoms. The number of nitrogens with zero attached hydrogens (tertiary/aromatic N) is 3. The van der Waals surface area contributed by atoms with Crippen LogP contribution in [0.2, 0.25) is 10.0 Å². The van der Waals surface area contributed by atoms with E-state index in [2.05, 4.69) is 20.7 Å². The highest BCUT2D eigenvalue weighted by Gasteiger charge is 2.13. The van der Waals surface area contributed by atoms with Crippen molar-refractivity contribution in [2.45, 2.75) is 20.3 Å². The molecule has 0 aliphatic rings. The lowest BCUT2D eigenvalue weighted by atomic mass is 10.1. The zero-order valence-electron chi connectivity index (χ0n) is 18.4. The number of aliphatic imine (C=N–C) groups is 1. The van der Waals surface area contributed by atoms with Gasteiger partial charge in [0.2, 0.25) is 5.96 Å². The lowest BCUT2D eigenvalue weighted by Crippen LogP contribution is -2.36. The van der Waals surface area contributed by atoms with Crippen molar-refractivity contribution in [2.75, 3.05) is 19.0 Å². The van der Waals surface area contributed by atoms with Gasteiger partial charge in [0.25, 0.3) is 5.91 Å². The molecule has 7 nitrogen and oxygen atoms in total. The average molecular weight is 474 g/mol. The van der Waals surface area contributed by atoms with Crippen molar-refractivity contribution in [1.82, 2.24) is 15.1 Å². The highest BCUT2D eigenvalue weighted by Crippen LogP contribution is 2.27. The molecule has 0 saturated heterocycles. The van der Waals surface area contributed by atoms with Crippen molar-refractivity contribution in [1.29, 1.82) is 0 Å². The molecule has 0 spiro atoms. The number of halogens is 2. The highest BCUT2D eigenvalue weighted by atomic mass is 35.5. The summed E-state index contributed by atoms with van der Waals surface area (Å²) >= 11 is 12.1. The molecule has 0 bridgehead atoms. The molecule has 2 aromatic carbocycles. The van der Waals surface area contributed by atoms with Crippen LogP contribution in [0.15, 0.2) is 47.5 Å². The fourth-order valence-corrected chi connectivity index (χ4v) is 3.55. The minimum Gasteiger partial charge on any atom is -0.495 e. The number of hydrogen-bond donors (Lipinski definition) is 2. The standard InChI is InChI=1S/C23H25Cl2N5O2/c1-14-19(15(2)30(3)29-14)11-12-26-23(27-20-13-18(25)9-10-21(20)32-4)28-22(31)16-5-7-17(24)8-6-16/h5-10,13H,11-12H2,1-4H3,(H2,26,27,28,31). The normalized spacial score (nSPS) is 11.4. The molecule has 0 atom stereocenters. The Bertz CT molecular complexity index is 1140. The van der Waals surface area contributed by atoms with Gasteiger partial charge in [-0.2, -0.15) is 5.10 Å². The van der Waals surface area contributed by atoms with Gasteiger partial charge < -0.3 is 10.1 Å². The fourth-order valence-electron chi connectivity index (χ4n) is 3.26. The second kappa shape index (κ2) is 10.5. The van der Waals surface area contributed by atoms with E-state index in [9.17, 15) is 4.79 Å². The third kappa shape index (κ3) is 5.81. The van der Waals surface area contributed by atoms with Crippen LogP contribution >= 0.6 is 23.2 Å². The Kier molecular flexibility index (Phi) is 7.77. The van der Waals surface area contributed by atoms with Gasteiger partial charge >= 0.3 is 0 Å². The van der Waals surface area contributed by atoms with Crippen molar-refractivity contribution in [3.05, 3.63) is 75.0 Å². The number of carbonyl (C=O) groups is 1. The predicted octanol–water partition coefficient (Wildman–Crippen LogP) is 4.79. The van der Waals surface area contributed by atoms with E-state index in [1.165, 1.54) is 0 Å². The summed E-state index contributed by atoms with van der Waals surface area (Å²) in [6, 6.07) is 11.8. The largest absolute Gasteiger partial charge is 0.495 e. The third-order valence-corrected chi connectivity index (χ3v) is 5.53.